The second kappa shape index (κ2) is 13.9. The highest BCUT2D eigenvalue weighted by Crippen LogP contribution is 2.40. The van der Waals surface area contributed by atoms with Gasteiger partial charge in [0.1, 0.15) is 22.8 Å². The summed E-state index contributed by atoms with van der Waals surface area (Å²) < 4.78 is 6.67. The van der Waals surface area contributed by atoms with Crippen LogP contribution in [0.5, 0.6) is 0 Å². The standard InChI is InChI=1S/C39H27N3O.C7H8/c1-5-13-26(14-6-1)30-21-24-34-33(25-30)35-32(23-22-31(36(35)43-34)27-15-7-2-8-16-27)39-41-37(28-17-9-3-10-18-28)40-38(42-39)29-19-11-4-12-20-29;1-7-5-3-2-4-6-7/h1-25,37H,(H,40,41,42);2-6H,1H3. The predicted octanol–water partition coefficient (Wildman–Crippen LogP) is 11.4. The van der Waals surface area contributed by atoms with E-state index in [1.54, 1.807) is 0 Å². The van der Waals surface area contributed by atoms with Gasteiger partial charge in [0.25, 0.3) is 0 Å². The van der Waals surface area contributed by atoms with Crippen molar-refractivity contribution in [3.05, 3.63) is 204 Å². The molecule has 1 aliphatic rings. The van der Waals surface area contributed by atoms with Crippen molar-refractivity contribution in [1.82, 2.24) is 5.32 Å². The largest absolute Gasteiger partial charge is 0.455 e. The topological polar surface area (TPSA) is 49.9 Å². The van der Waals surface area contributed by atoms with Crippen molar-refractivity contribution < 1.29 is 4.42 Å². The van der Waals surface area contributed by atoms with Gasteiger partial charge in [-0.15, -0.1) is 0 Å². The first-order valence-electron chi connectivity index (χ1n) is 16.9. The van der Waals surface area contributed by atoms with Gasteiger partial charge >= 0.3 is 0 Å². The monoisotopic (exact) mass is 645 g/mol. The smallest absolute Gasteiger partial charge is 0.169 e. The Morgan fingerprint density at radius 1 is 0.480 bits per heavy atom. The molecule has 2 heterocycles. The van der Waals surface area contributed by atoms with Gasteiger partial charge in [0.15, 0.2) is 6.17 Å². The molecule has 0 radical (unpaired) electrons. The summed E-state index contributed by atoms with van der Waals surface area (Å²) in [6, 6.07) is 62.4. The molecule has 0 fully saturated rings. The fraction of sp³-hybridized carbons (Fsp3) is 0.0435. The first kappa shape index (κ1) is 30.8. The van der Waals surface area contributed by atoms with E-state index in [2.05, 4.69) is 128 Å². The number of nitrogens with zero attached hydrogens (tertiary/aromatic N) is 2. The van der Waals surface area contributed by atoms with Crippen molar-refractivity contribution in [2.24, 2.45) is 9.98 Å². The molecule has 240 valence electrons. The molecule has 0 bridgehead atoms. The zero-order valence-electron chi connectivity index (χ0n) is 27.7. The van der Waals surface area contributed by atoms with Crippen molar-refractivity contribution in [2.75, 3.05) is 0 Å². The molecule has 50 heavy (non-hydrogen) atoms. The Morgan fingerprint density at radius 3 is 1.64 bits per heavy atom. The third kappa shape index (κ3) is 6.35. The van der Waals surface area contributed by atoms with E-state index in [0.717, 1.165) is 72.6 Å². The second-order valence-corrected chi connectivity index (χ2v) is 12.3. The summed E-state index contributed by atoms with van der Waals surface area (Å²) in [6.45, 7) is 2.08. The van der Waals surface area contributed by atoms with Crippen molar-refractivity contribution in [1.29, 1.82) is 0 Å². The molecule has 8 aromatic rings. The lowest BCUT2D eigenvalue weighted by Gasteiger charge is -2.23. The van der Waals surface area contributed by atoms with E-state index < -0.39 is 0 Å². The molecule has 1 atom stereocenters. The molecule has 0 amide bonds. The summed E-state index contributed by atoms with van der Waals surface area (Å²) in [6.07, 6.45) is -0.380. The molecule has 4 nitrogen and oxygen atoms in total. The van der Waals surface area contributed by atoms with Crippen LogP contribution in [0.2, 0.25) is 0 Å². The number of benzene rings is 7. The van der Waals surface area contributed by atoms with Gasteiger partial charge in [-0.05, 0) is 53.4 Å². The van der Waals surface area contributed by atoms with Crippen LogP contribution in [0.4, 0.5) is 0 Å². The maximum Gasteiger partial charge on any atom is 0.169 e. The average molecular weight is 646 g/mol. The Labute approximate surface area is 292 Å². The molecule has 0 saturated heterocycles. The van der Waals surface area contributed by atoms with Crippen molar-refractivity contribution in [2.45, 2.75) is 13.1 Å². The van der Waals surface area contributed by atoms with E-state index >= 15 is 0 Å². The van der Waals surface area contributed by atoms with Gasteiger partial charge in [-0.25, -0.2) is 9.98 Å². The highest BCUT2D eigenvalue weighted by Gasteiger charge is 2.25. The zero-order chi connectivity index (χ0) is 33.7. The van der Waals surface area contributed by atoms with Gasteiger partial charge in [0.05, 0.1) is 0 Å². The van der Waals surface area contributed by atoms with Crippen LogP contribution in [0.1, 0.15) is 28.4 Å². The fourth-order valence-electron chi connectivity index (χ4n) is 6.37. The molecule has 0 spiro atoms. The molecule has 0 aliphatic carbocycles. The summed E-state index contributed by atoms with van der Waals surface area (Å²) in [4.78, 5) is 10.2. The molecule has 4 heteroatoms. The normalized spacial score (nSPS) is 13.9. The number of amidine groups is 2. The first-order chi connectivity index (χ1) is 24.7. The number of aliphatic imine (C=N–C) groups is 2. The molecule has 0 saturated carbocycles. The van der Waals surface area contributed by atoms with Gasteiger partial charge in [-0.2, -0.15) is 0 Å². The van der Waals surface area contributed by atoms with E-state index in [-0.39, 0.29) is 6.17 Å². The quantitative estimate of drug-likeness (QED) is 0.202. The summed E-state index contributed by atoms with van der Waals surface area (Å²) in [5, 5.41) is 5.68. The molecule has 9 rings (SSSR count). The van der Waals surface area contributed by atoms with E-state index in [1.807, 2.05) is 66.7 Å². The van der Waals surface area contributed by atoms with Gasteiger partial charge in [-0.1, -0.05) is 163 Å². The predicted molar refractivity (Wildman–Crippen MR) is 208 cm³/mol. The van der Waals surface area contributed by atoms with Crippen LogP contribution in [0.15, 0.2) is 196 Å². The molecule has 1 unspecified atom stereocenters. The van der Waals surface area contributed by atoms with Crippen LogP contribution in [0, 0.1) is 6.92 Å². The molecular weight excluding hydrogens is 611 g/mol. The minimum atomic E-state index is -0.380. The van der Waals surface area contributed by atoms with Crippen LogP contribution in [0.25, 0.3) is 44.2 Å². The molecule has 7 aromatic carbocycles. The third-order valence-corrected chi connectivity index (χ3v) is 8.89. The number of hydrogen-bond acceptors (Lipinski definition) is 4. The number of rotatable bonds is 5. The van der Waals surface area contributed by atoms with E-state index in [1.165, 1.54) is 5.56 Å². The lowest BCUT2D eigenvalue weighted by atomic mass is 9.96. The average Bonchev–Trinajstić information content (AvgIpc) is 3.58. The minimum Gasteiger partial charge on any atom is -0.455 e. The molecule has 1 N–H and O–H groups in total. The zero-order valence-corrected chi connectivity index (χ0v) is 27.7. The Morgan fingerprint density at radius 2 is 1.02 bits per heavy atom. The fourth-order valence-corrected chi connectivity index (χ4v) is 6.37. The number of nitrogens with one attached hydrogen (secondary N) is 1. The summed E-state index contributed by atoms with van der Waals surface area (Å²) >= 11 is 0. The number of furan rings is 1. The van der Waals surface area contributed by atoms with Crippen molar-refractivity contribution >= 4 is 33.6 Å². The summed E-state index contributed by atoms with van der Waals surface area (Å²) in [7, 11) is 0. The first-order valence-corrected chi connectivity index (χ1v) is 16.9. The molecule has 1 aromatic heterocycles. The van der Waals surface area contributed by atoms with Crippen LogP contribution >= 0.6 is 0 Å². The third-order valence-electron chi connectivity index (χ3n) is 8.89. The Kier molecular flexibility index (Phi) is 8.57. The molecule has 1 aliphatic heterocycles. The lowest BCUT2D eigenvalue weighted by molar-refractivity contribution is 0.670. The number of fused-ring (bicyclic) bond motifs is 3. The summed E-state index contributed by atoms with van der Waals surface area (Å²) in [5.74, 6) is 1.55. The minimum absolute atomic E-state index is 0.380. The van der Waals surface area contributed by atoms with Crippen LogP contribution in [-0.2, 0) is 0 Å². The van der Waals surface area contributed by atoms with E-state index in [0.29, 0.717) is 0 Å². The highest BCUT2D eigenvalue weighted by atomic mass is 16.3. The SMILES string of the molecule is Cc1ccccc1.c1ccc(C2=NC(c3ccccc3)N=C(c3ccc(-c4ccccc4)c4oc5ccc(-c6ccccc6)cc5c34)N2)cc1. The van der Waals surface area contributed by atoms with Gasteiger partial charge in [-0.3, -0.25) is 0 Å². The number of hydrogen-bond donors (Lipinski definition) is 1. The van der Waals surface area contributed by atoms with Gasteiger partial charge in [0, 0.05) is 27.5 Å². The Hall–Kier alpha value is -6.52. The summed E-state index contributed by atoms with van der Waals surface area (Å²) in [5.41, 5.74) is 10.5. The maximum atomic E-state index is 6.67. The highest BCUT2D eigenvalue weighted by molar-refractivity contribution is 6.25. The van der Waals surface area contributed by atoms with Gasteiger partial charge < -0.3 is 9.73 Å². The van der Waals surface area contributed by atoms with Crippen molar-refractivity contribution in [3.63, 3.8) is 0 Å². The Balaban J connectivity index is 0.000000463. The Bertz CT molecular complexity index is 2430. The van der Waals surface area contributed by atoms with Crippen LogP contribution < -0.4 is 5.32 Å². The number of aryl methyl sites for hydroxylation is 1. The van der Waals surface area contributed by atoms with Gasteiger partial charge in [0.2, 0.25) is 0 Å². The second-order valence-electron chi connectivity index (χ2n) is 12.3. The van der Waals surface area contributed by atoms with Crippen LogP contribution in [-0.4, -0.2) is 11.7 Å². The maximum absolute atomic E-state index is 6.67. The van der Waals surface area contributed by atoms with E-state index in [9.17, 15) is 0 Å². The molecular formula is C46H35N3O. The van der Waals surface area contributed by atoms with E-state index in [4.69, 9.17) is 14.4 Å². The van der Waals surface area contributed by atoms with Crippen LogP contribution in [0.3, 0.4) is 0 Å². The lowest BCUT2D eigenvalue weighted by Crippen LogP contribution is -2.36. The van der Waals surface area contributed by atoms with Crippen molar-refractivity contribution in [3.8, 4) is 22.3 Å².